The van der Waals surface area contributed by atoms with Gasteiger partial charge < -0.3 is 5.32 Å². The van der Waals surface area contributed by atoms with Crippen molar-refractivity contribution in [3.63, 3.8) is 0 Å². The SMILES string of the molecule is CC(C)CC(F)(F)C[C@H](N[C@@](C)(c1ccc(F)cc1)C(F)(F)F)C(=O)NC1(C#N)CC1. The van der Waals surface area contributed by atoms with Gasteiger partial charge in [0.25, 0.3) is 0 Å². The molecule has 0 unspecified atom stereocenters. The number of alkyl halides is 5. The Morgan fingerprint density at radius 3 is 2.10 bits per heavy atom. The summed E-state index contributed by atoms with van der Waals surface area (Å²) in [6.07, 6.45) is -6.23. The fourth-order valence-electron chi connectivity index (χ4n) is 3.36. The average molecular weight is 449 g/mol. The highest BCUT2D eigenvalue weighted by atomic mass is 19.4. The lowest BCUT2D eigenvalue weighted by atomic mass is 9.88. The highest BCUT2D eigenvalue weighted by molar-refractivity contribution is 5.83. The normalized spacial score (nSPS) is 18.7. The number of carbonyl (C=O) groups excluding carboxylic acids is 1. The second kappa shape index (κ2) is 8.69. The first-order valence-corrected chi connectivity index (χ1v) is 9.85. The summed E-state index contributed by atoms with van der Waals surface area (Å²) in [5.74, 6) is -5.77. The number of hydrogen-bond acceptors (Lipinski definition) is 3. The summed E-state index contributed by atoms with van der Waals surface area (Å²) in [5, 5.41) is 13.5. The van der Waals surface area contributed by atoms with Crippen molar-refractivity contribution in [1.29, 1.82) is 5.26 Å². The van der Waals surface area contributed by atoms with Crippen LogP contribution in [-0.2, 0) is 10.3 Å². The number of halogens is 6. The number of benzene rings is 1. The quantitative estimate of drug-likeness (QED) is 0.532. The van der Waals surface area contributed by atoms with Gasteiger partial charge in [0.1, 0.15) is 16.9 Å². The summed E-state index contributed by atoms with van der Waals surface area (Å²) in [4.78, 5) is 12.7. The maximum Gasteiger partial charge on any atom is 0.410 e. The number of amides is 1. The van der Waals surface area contributed by atoms with Gasteiger partial charge in [-0.2, -0.15) is 18.4 Å². The Balaban J connectivity index is 2.41. The summed E-state index contributed by atoms with van der Waals surface area (Å²) < 4.78 is 84.4. The van der Waals surface area contributed by atoms with Gasteiger partial charge in [0.15, 0.2) is 0 Å². The summed E-state index contributed by atoms with van der Waals surface area (Å²) >= 11 is 0. The van der Waals surface area contributed by atoms with Crippen molar-refractivity contribution < 1.29 is 31.1 Å². The smallest absolute Gasteiger partial charge is 0.336 e. The van der Waals surface area contributed by atoms with Crippen LogP contribution in [0.5, 0.6) is 0 Å². The number of nitrogens with one attached hydrogen (secondary N) is 2. The molecule has 0 aliphatic heterocycles. The molecule has 10 heteroatoms. The van der Waals surface area contributed by atoms with Crippen LogP contribution in [0.1, 0.15) is 52.0 Å². The molecule has 172 valence electrons. The lowest BCUT2D eigenvalue weighted by Crippen LogP contribution is -2.61. The minimum atomic E-state index is -5.00. The van der Waals surface area contributed by atoms with Crippen LogP contribution in [0.3, 0.4) is 0 Å². The Kier molecular flexibility index (Phi) is 7.00. The van der Waals surface area contributed by atoms with E-state index in [0.29, 0.717) is 19.8 Å². The van der Waals surface area contributed by atoms with E-state index in [1.54, 1.807) is 0 Å². The molecule has 1 aliphatic carbocycles. The molecule has 1 amide bonds. The van der Waals surface area contributed by atoms with E-state index in [1.165, 1.54) is 13.8 Å². The fourth-order valence-corrected chi connectivity index (χ4v) is 3.36. The Morgan fingerprint density at radius 1 is 1.13 bits per heavy atom. The molecular formula is C21H25F6N3O. The third-order valence-electron chi connectivity index (χ3n) is 5.30. The summed E-state index contributed by atoms with van der Waals surface area (Å²) in [6.45, 7) is 3.77. The van der Waals surface area contributed by atoms with Crippen molar-refractivity contribution in [2.75, 3.05) is 0 Å². The monoisotopic (exact) mass is 449 g/mol. The molecular weight excluding hydrogens is 424 g/mol. The number of rotatable bonds is 9. The molecule has 1 fully saturated rings. The van der Waals surface area contributed by atoms with Crippen molar-refractivity contribution in [2.24, 2.45) is 5.92 Å². The van der Waals surface area contributed by atoms with Crippen LogP contribution in [0.25, 0.3) is 0 Å². The molecule has 0 aromatic heterocycles. The van der Waals surface area contributed by atoms with Gasteiger partial charge in [-0.15, -0.1) is 0 Å². The van der Waals surface area contributed by atoms with E-state index in [-0.39, 0.29) is 0 Å². The van der Waals surface area contributed by atoms with Crippen LogP contribution in [0.15, 0.2) is 24.3 Å². The molecule has 0 spiro atoms. The zero-order valence-corrected chi connectivity index (χ0v) is 17.4. The van der Waals surface area contributed by atoms with E-state index in [1.807, 2.05) is 6.07 Å². The molecule has 1 aromatic rings. The van der Waals surface area contributed by atoms with E-state index >= 15 is 0 Å². The molecule has 1 aliphatic rings. The second-order valence-corrected chi connectivity index (χ2v) is 8.67. The highest BCUT2D eigenvalue weighted by Crippen LogP contribution is 2.41. The van der Waals surface area contributed by atoms with Crippen LogP contribution >= 0.6 is 0 Å². The molecule has 1 saturated carbocycles. The van der Waals surface area contributed by atoms with Crippen molar-refractivity contribution in [1.82, 2.24) is 10.6 Å². The predicted molar refractivity (Wildman–Crippen MR) is 101 cm³/mol. The standard InChI is InChI=1S/C21H25F6N3O/c1-13(2)10-20(23,24)11-16(17(31)30-19(12-28)8-9-19)29-18(3,21(25,26)27)14-4-6-15(22)7-5-14/h4-7,13,16,29H,8-11H2,1-3H3,(H,30,31)/t16-,18-/m0/s1. The van der Waals surface area contributed by atoms with E-state index in [9.17, 15) is 31.1 Å². The molecule has 0 saturated heterocycles. The van der Waals surface area contributed by atoms with Crippen molar-refractivity contribution in [3.8, 4) is 6.07 Å². The van der Waals surface area contributed by atoms with Gasteiger partial charge in [0, 0.05) is 12.8 Å². The van der Waals surface area contributed by atoms with Crippen molar-refractivity contribution in [2.45, 2.75) is 75.7 Å². The van der Waals surface area contributed by atoms with Gasteiger partial charge in [-0.25, -0.2) is 13.2 Å². The lowest BCUT2D eigenvalue weighted by molar-refractivity contribution is -0.199. The lowest BCUT2D eigenvalue weighted by Gasteiger charge is -2.38. The van der Waals surface area contributed by atoms with Crippen LogP contribution in [-0.4, -0.2) is 29.6 Å². The van der Waals surface area contributed by atoms with Crippen molar-refractivity contribution in [3.05, 3.63) is 35.6 Å². The zero-order valence-electron chi connectivity index (χ0n) is 17.4. The van der Waals surface area contributed by atoms with E-state index < -0.39 is 65.3 Å². The van der Waals surface area contributed by atoms with Gasteiger partial charge in [-0.3, -0.25) is 10.1 Å². The van der Waals surface area contributed by atoms with E-state index in [4.69, 9.17) is 5.26 Å². The van der Waals surface area contributed by atoms with Gasteiger partial charge in [0.2, 0.25) is 11.8 Å². The Hall–Kier alpha value is -2.28. The molecule has 0 bridgehead atoms. The number of carbonyl (C=O) groups is 1. The summed E-state index contributed by atoms with van der Waals surface area (Å²) in [5.41, 5.74) is -4.60. The van der Waals surface area contributed by atoms with Crippen LogP contribution in [0.2, 0.25) is 0 Å². The fraction of sp³-hybridized carbons (Fsp3) is 0.619. The minimum absolute atomic E-state index is 0.291. The maximum atomic E-state index is 14.5. The first-order chi connectivity index (χ1) is 14.1. The molecule has 0 radical (unpaired) electrons. The number of nitrogens with zero attached hydrogens (tertiary/aromatic N) is 1. The Bertz CT molecular complexity index is 827. The zero-order chi connectivity index (χ0) is 23.7. The summed E-state index contributed by atoms with van der Waals surface area (Å²) in [6, 6.07) is 3.31. The molecule has 4 nitrogen and oxygen atoms in total. The Morgan fingerprint density at radius 2 is 1.68 bits per heavy atom. The topological polar surface area (TPSA) is 64.9 Å². The molecule has 2 N–H and O–H groups in total. The van der Waals surface area contributed by atoms with Gasteiger partial charge in [-0.1, -0.05) is 26.0 Å². The van der Waals surface area contributed by atoms with Gasteiger partial charge >= 0.3 is 6.18 Å². The molecule has 0 heterocycles. The first kappa shape index (κ1) is 25.0. The van der Waals surface area contributed by atoms with E-state index in [0.717, 1.165) is 24.3 Å². The third kappa shape index (κ3) is 6.12. The highest BCUT2D eigenvalue weighted by Gasteiger charge is 2.55. The number of nitriles is 1. The van der Waals surface area contributed by atoms with Crippen molar-refractivity contribution >= 4 is 5.91 Å². The molecule has 2 atom stereocenters. The van der Waals surface area contributed by atoms with Crippen LogP contribution in [0.4, 0.5) is 26.3 Å². The second-order valence-electron chi connectivity index (χ2n) is 8.67. The molecule has 1 aromatic carbocycles. The molecule has 2 rings (SSSR count). The van der Waals surface area contributed by atoms with E-state index in [2.05, 4.69) is 10.6 Å². The van der Waals surface area contributed by atoms with Gasteiger partial charge in [-0.05, 0) is 43.4 Å². The first-order valence-electron chi connectivity index (χ1n) is 9.85. The Labute approximate surface area is 177 Å². The molecule has 31 heavy (non-hydrogen) atoms. The minimum Gasteiger partial charge on any atom is -0.336 e. The maximum absolute atomic E-state index is 14.5. The van der Waals surface area contributed by atoms with Crippen LogP contribution < -0.4 is 10.6 Å². The summed E-state index contributed by atoms with van der Waals surface area (Å²) in [7, 11) is 0. The van der Waals surface area contributed by atoms with Crippen LogP contribution in [0, 0.1) is 23.1 Å². The van der Waals surface area contributed by atoms with Gasteiger partial charge in [0.05, 0.1) is 12.1 Å². The predicted octanol–water partition coefficient (Wildman–Crippen LogP) is 4.81. The third-order valence-corrected chi connectivity index (χ3v) is 5.30. The average Bonchev–Trinajstić information content (AvgIpc) is 3.39. The largest absolute Gasteiger partial charge is 0.410 e. The number of hydrogen-bond donors (Lipinski definition) is 2.